The third-order valence-corrected chi connectivity index (χ3v) is 1.69. The summed E-state index contributed by atoms with van der Waals surface area (Å²) < 4.78 is 4.88. The molecule has 0 bridgehead atoms. The Morgan fingerprint density at radius 1 is 1.46 bits per heavy atom. The van der Waals surface area contributed by atoms with Crippen molar-refractivity contribution in [2.45, 2.75) is 0 Å². The summed E-state index contributed by atoms with van der Waals surface area (Å²) in [5, 5.41) is 8.80. The summed E-state index contributed by atoms with van der Waals surface area (Å²) in [6.07, 6.45) is 1.56. The second kappa shape index (κ2) is 4.30. The fraction of sp³-hybridized carbons (Fsp3) is 0.100. The molecule has 0 atom stereocenters. The Balaban J connectivity index is 3.19. The molecule has 0 heterocycles. The standard InChI is InChI=1S/C10H10O3/c1-13-10(7-12)9-5-3-2-4-8(9)6-11/h2-7,12H,1H3/b10-7+. The number of benzene rings is 1. The predicted octanol–water partition coefficient (Wildman–Crippen LogP) is 2.00. The quantitative estimate of drug-likeness (QED) is 0.568. The van der Waals surface area contributed by atoms with Crippen LogP contribution in [0.4, 0.5) is 0 Å². The molecule has 0 saturated heterocycles. The van der Waals surface area contributed by atoms with Gasteiger partial charge in [-0.25, -0.2) is 0 Å². The van der Waals surface area contributed by atoms with Crippen molar-refractivity contribution in [3.05, 3.63) is 41.7 Å². The maximum absolute atomic E-state index is 10.6. The molecular formula is C10H10O3. The summed E-state index contributed by atoms with van der Waals surface area (Å²) >= 11 is 0. The number of ether oxygens (including phenoxy) is 1. The van der Waals surface area contributed by atoms with Gasteiger partial charge in [0, 0.05) is 11.1 Å². The normalized spacial score (nSPS) is 11.0. The van der Waals surface area contributed by atoms with Gasteiger partial charge >= 0.3 is 0 Å². The Bertz CT molecular complexity index is 329. The third-order valence-electron chi connectivity index (χ3n) is 1.69. The largest absolute Gasteiger partial charge is 0.512 e. The SMILES string of the molecule is CO/C(=C/O)c1ccccc1C=O. The molecule has 0 aliphatic carbocycles. The fourth-order valence-corrected chi connectivity index (χ4v) is 1.06. The first-order valence-electron chi connectivity index (χ1n) is 3.76. The average molecular weight is 178 g/mol. The molecule has 1 rings (SSSR count). The van der Waals surface area contributed by atoms with Gasteiger partial charge in [-0.15, -0.1) is 0 Å². The molecule has 3 heteroatoms. The summed E-state index contributed by atoms with van der Waals surface area (Å²) in [6, 6.07) is 6.88. The van der Waals surface area contributed by atoms with Crippen LogP contribution in [0.1, 0.15) is 15.9 Å². The van der Waals surface area contributed by atoms with Gasteiger partial charge in [0.1, 0.15) is 6.26 Å². The highest BCUT2D eigenvalue weighted by Gasteiger charge is 2.05. The van der Waals surface area contributed by atoms with Crippen LogP contribution in [0.25, 0.3) is 5.76 Å². The third kappa shape index (κ3) is 1.87. The van der Waals surface area contributed by atoms with Crippen LogP contribution >= 0.6 is 0 Å². The summed E-state index contributed by atoms with van der Waals surface area (Å²) in [4.78, 5) is 10.6. The summed E-state index contributed by atoms with van der Waals surface area (Å²) in [7, 11) is 1.43. The minimum Gasteiger partial charge on any atom is -0.512 e. The average Bonchev–Trinajstić information content (AvgIpc) is 2.20. The van der Waals surface area contributed by atoms with Crippen LogP contribution < -0.4 is 0 Å². The van der Waals surface area contributed by atoms with E-state index in [0.717, 1.165) is 12.5 Å². The van der Waals surface area contributed by atoms with Crippen molar-refractivity contribution >= 4 is 12.0 Å². The summed E-state index contributed by atoms with van der Waals surface area (Å²) in [6.45, 7) is 0. The number of aliphatic hydroxyl groups is 1. The Morgan fingerprint density at radius 2 is 2.15 bits per heavy atom. The van der Waals surface area contributed by atoms with E-state index in [9.17, 15) is 4.79 Å². The number of aliphatic hydroxyl groups excluding tert-OH is 1. The lowest BCUT2D eigenvalue weighted by molar-refractivity contribution is 0.112. The van der Waals surface area contributed by atoms with Gasteiger partial charge in [0.2, 0.25) is 0 Å². The molecule has 1 N–H and O–H groups in total. The smallest absolute Gasteiger partial charge is 0.160 e. The van der Waals surface area contributed by atoms with E-state index in [1.807, 2.05) is 0 Å². The minimum absolute atomic E-state index is 0.280. The Labute approximate surface area is 76.3 Å². The molecular weight excluding hydrogens is 168 g/mol. The van der Waals surface area contributed by atoms with Gasteiger partial charge in [0.15, 0.2) is 12.0 Å². The van der Waals surface area contributed by atoms with Crippen LogP contribution in [0.15, 0.2) is 30.5 Å². The monoisotopic (exact) mass is 178 g/mol. The number of rotatable bonds is 3. The maximum Gasteiger partial charge on any atom is 0.160 e. The molecule has 0 fully saturated rings. The van der Waals surface area contributed by atoms with Crippen LogP contribution in [0.5, 0.6) is 0 Å². The maximum atomic E-state index is 10.6. The first-order chi connectivity index (χ1) is 6.33. The van der Waals surface area contributed by atoms with Crippen LogP contribution in [-0.4, -0.2) is 18.5 Å². The van der Waals surface area contributed by atoms with Crippen molar-refractivity contribution in [3.8, 4) is 0 Å². The van der Waals surface area contributed by atoms with Gasteiger partial charge in [-0.2, -0.15) is 0 Å². The summed E-state index contributed by atoms with van der Waals surface area (Å²) in [5.41, 5.74) is 1.08. The molecule has 0 amide bonds. The Morgan fingerprint density at radius 3 is 2.69 bits per heavy atom. The predicted molar refractivity (Wildman–Crippen MR) is 49.4 cm³/mol. The van der Waals surface area contributed by atoms with E-state index in [2.05, 4.69) is 0 Å². The molecule has 1 aromatic carbocycles. The van der Waals surface area contributed by atoms with Crippen LogP contribution in [0, 0.1) is 0 Å². The second-order valence-electron chi connectivity index (χ2n) is 2.40. The molecule has 1 aromatic rings. The fourth-order valence-electron chi connectivity index (χ4n) is 1.06. The van der Waals surface area contributed by atoms with Gasteiger partial charge in [0.05, 0.1) is 7.11 Å². The van der Waals surface area contributed by atoms with Gasteiger partial charge in [-0.05, 0) is 0 Å². The first-order valence-corrected chi connectivity index (χ1v) is 3.76. The number of hydrogen-bond donors (Lipinski definition) is 1. The molecule has 68 valence electrons. The molecule has 13 heavy (non-hydrogen) atoms. The summed E-state index contributed by atoms with van der Waals surface area (Å²) in [5.74, 6) is 0.280. The molecule has 0 saturated carbocycles. The molecule has 0 aliphatic heterocycles. The Hall–Kier alpha value is -1.77. The van der Waals surface area contributed by atoms with Crippen molar-refractivity contribution in [1.29, 1.82) is 0 Å². The zero-order valence-corrected chi connectivity index (χ0v) is 7.23. The van der Waals surface area contributed by atoms with E-state index in [1.54, 1.807) is 24.3 Å². The topological polar surface area (TPSA) is 46.5 Å². The minimum atomic E-state index is 0.280. The molecule has 0 aliphatic rings. The second-order valence-corrected chi connectivity index (χ2v) is 2.40. The van der Waals surface area contributed by atoms with Crippen LogP contribution in [0.2, 0.25) is 0 Å². The van der Waals surface area contributed by atoms with E-state index in [4.69, 9.17) is 9.84 Å². The number of carbonyl (C=O) groups excluding carboxylic acids is 1. The highest BCUT2D eigenvalue weighted by atomic mass is 16.5. The highest BCUT2D eigenvalue weighted by Crippen LogP contribution is 2.17. The lowest BCUT2D eigenvalue weighted by Crippen LogP contribution is -1.93. The molecule has 0 aromatic heterocycles. The lowest BCUT2D eigenvalue weighted by atomic mass is 10.1. The molecule has 0 radical (unpaired) electrons. The molecule has 0 spiro atoms. The van der Waals surface area contributed by atoms with Crippen LogP contribution in [0.3, 0.4) is 0 Å². The van der Waals surface area contributed by atoms with Crippen molar-refractivity contribution in [3.63, 3.8) is 0 Å². The number of methoxy groups -OCH3 is 1. The first kappa shape index (κ1) is 9.32. The number of aldehydes is 1. The van der Waals surface area contributed by atoms with Gasteiger partial charge in [-0.3, -0.25) is 4.79 Å². The zero-order valence-electron chi connectivity index (χ0n) is 7.23. The van der Waals surface area contributed by atoms with Crippen molar-refractivity contribution in [2.24, 2.45) is 0 Å². The van der Waals surface area contributed by atoms with Crippen LogP contribution in [-0.2, 0) is 4.74 Å². The van der Waals surface area contributed by atoms with Crippen molar-refractivity contribution in [2.75, 3.05) is 7.11 Å². The van der Waals surface area contributed by atoms with Gasteiger partial charge in [0.25, 0.3) is 0 Å². The Kier molecular flexibility index (Phi) is 3.09. The zero-order chi connectivity index (χ0) is 9.68. The number of hydrogen-bond acceptors (Lipinski definition) is 3. The number of carbonyl (C=O) groups is 1. The van der Waals surface area contributed by atoms with E-state index in [-0.39, 0.29) is 5.76 Å². The van der Waals surface area contributed by atoms with Gasteiger partial charge < -0.3 is 9.84 Å². The highest BCUT2D eigenvalue weighted by molar-refractivity contribution is 5.83. The van der Waals surface area contributed by atoms with E-state index in [1.165, 1.54) is 7.11 Å². The van der Waals surface area contributed by atoms with Crippen molar-refractivity contribution in [1.82, 2.24) is 0 Å². The van der Waals surface area contributed by atoms with Crippen molar-refractivity contribution < 1.29 is 14.6 Å². The van der Waals surface area contributed by atoms with E-state index < -0.39 is 0 Å². The van der Waals surface area contributed by atoms with E-state index >= 15 is 0 Å². The molecule has 3 nitrogen and oxygen atoms in total. The van der Waals surface area contributed by atoms with Gasteiger partial charge in [-0.1, -0.05) is 24.3 Å². The lowest BCUT2D eigenvalue weighted by Gasteiger charge is -2.06. The molecule has 0 unspecified atom stereocenters. The van der Waals surface area contributed by atoms with E-state index in [0.29, 0.717) is 11.1 Å².